The van der Waals surface area contributed by atoms with Gasteiger partial charge in [0.1, 0.15) is 0 Å². The lowest BCUT2D eigenvalue weighted by Crippen LogP contribution is -2.36. The van der Waals surface area contributed by atoms with E-state index in [0.29, 0.717) is 5.92 Å². The number of anilines is 1. The SMILES string of the molecule is CC(C)[C@@H](N)c1ccc(N2CCOCC2)cc1. The number of rotatable bonds is 3. The van der Waals surface area contributed by atoms with Gasteiger partial charge in [-0.25, -0.2) is 0 Å². The van der Waals surface area contributed by atoms with Crippen molar-refractivity contribution in [2.75, 3.05) is 31.2 Å². The molecule has 0 spiro atoms. The molecule has 1 atom stereocenters. The Morgan fingerprint density at radius 1 is 1.12 bits per heavy atom. The normalized spacial score (nSPS) is 18.5. The van der Waals surface area contributed by atoms with Gasteiger partial charge in [0.25, 0.3) is 0 Å². The third kappa shape index (κ3) is 2.99. The zero-order chi connectivity index (χ0) is 12.3. The fraction of sp³-hybridized carbons (Fsp3) is 0.571. The lowest BCUT2D eigenvalue weighted by atomic mass is 9.97. The molecule has 2 N–H and O–H groups in total. The number of nitrogens with two attached hydrogens (primary N) is 1. The predicted octanol–water partition coefficient (Wildman–Crippen LogP) is 2.18. The van der Waals surface area contributed by atoms with E-state index < -0.39 is 0 Å². The van der Waals surface area contributed by atoms with Gasteiger partial charge in [-0.3, -0.25) is 0 Å². The van der Waals surface area contributed by atoms with Crippen LogP contribution in [0.2, 0.25) is 0 Å². The Kier molecular flexibility index (Phi) is 4.02. The highest BCUT2D eigenvalue weighted by molar-refractivity contribution is 5.48. The molecule has 0 amide bonds. The van der Waals surface area contributed by atoms with Crippen molar-refractivity contribution in [1.29, 1.82) is 0 Å². The van der Waals surface area contributed by atoms with Crippen LogP contribution in [0.3, 0.4) is 0 Å². The molecule has 3 nitrogen and oxygen atoms in total. The summed E-state index contributed by atoms with van der Waals surface area (Å²) in [6.45, 7) is 7.92. The van der Waals surface area contributed by atoms with Gasteiger partial charge in [0.05, 0.1) is 13.2 Å². The second-order valence-corrected chi connectivity index (χ2v) is 4.96. The van der Waals surface area contributed by atoms with Crippen LogP contribution in [0.25, 0.3) is 0 Å². The smallest absolute Gasteiger partial charge is 0.0642 e. The summed E-state index contributed by atoms with van der Waals surface area (Å²) in [6, 6.07) is 8.77. The van der Waals surface area contributed by atoms with Crippen LogP contribution in [-0.4, -0.2) is 26.3 Å². The van der Waals surface area contributed by atoms with Crippen LogP contribution in [0, 0.1) is 5.92 Å². The van der Waals surface area contributed by atoms with E-state index in [9.17, 15) is 0 Å². The van der Waals surface area contributed by atoms with Crippen molar-refractivity contribution in [2.24, 2.45) is 11.7 Å². The number of benzene rings is 1. The van der Waals surface area contributed by atoms with Gasteiger partial charge in [-0.2, -0.15) is 0 Å². The lowest BCUT2D eigenvalue weighted by Gasteiger charge is -2.29. The first kappa shape index (κ1) is 12.4. The van der Waals surface area contributed by atoms with E-state index in [1.165, 1.54) is 11.3 Å². The summed E-state index contributed by atoms with van der Waals surface area (Å²) in [6.07, 6.45) is 0. The molecular weight excluding hydrogens is 212 g/mol. The van der Waals surface area contributed by atoms with Crippen LogP contribution < -0.4 is 10.6 Å². The van der Waals surface area contributed by atoms with Crippen molar-refractivity contribution >= 4 is 5.69 Å². The molecule has 0 radical (unpaired) electrons. The molecule has 1 saturated heterocycles. The summed E-state index contributed by atoms with van der Waals surface area (Å²) in [4.78, 5) is 2.36. The molecule has 0 unspecified atom stereocenters. The first-order valence-electron chi connectivity index (χ1n) is 6.36. The Balaban J connectivity index is 2.06. The van der Waals surface area contributed by atoms with Crippen molar-refractivity contribution in [3.05, 3.63) is 29.8 Å². The van der Waals surface area contributed by atoms with Crippen molar-refractivity contribution in [1.82, 2.24) is 0 Å². The van der Waals surface area contributed by atoms with Crippen molar-refractivity contribution in [3.63, 3.8) is 0 Å². The summed E-state index contributed by atoms with van der Waals surface area (Å²) in [7, 11) is 0. The molecule has 0 saturated carbocycles. The first-order valence-corrected chi connectivity index (χ1v) is 6.36. The van der Waals surface area contributed by atoms with Crippen molar-refractivity contribution in [3.8, 4) is 0 Å². The molecule has 94 valence electrons. The Bertz CT molecular complexity index is 342. The molecule has 0 bridgehead atoms. The molecule has 3 heteroatoms. The molecule has 1 aromatic carbocycles. The summed E-state index contributed by atoms with van der Waals surface area (Å²) >= 11 is 0. The number of hydrogen-bond acceptors (Lipinski definition) is 3. The zero-order valence-corrected chi connectivity index (χ0v) is 10.7. The standard InChI is InChI=1S/C14H22N2O/c1-11(2)14(15)12-3-5-13(6-4-12)16-7-9-17-10-8-16/h3-6,11,14H,7-10,15H2,1-2H3/t14-/m1/s1. The Hall–Kier alpha value is -1.06. The van der Waals surface area contributed by atoms with Gasteiger partial charge in [-0.05, 0) is 23.6 Å². The van der Waals surface area contributed by atoms with Gasteiger partial charge in [0, 0.05) is 24.8 Å². The molecule has 2 rings (SSSR count). The van der Waals surface area contributed by atoms with Crippen LogP contribution in [0.1, 0.15) is 25.5 Å². The molecule has 1 heterocycles. The van der Waals surface area contributed by atoms with Gasteiger partial charge in [0.2, 0.25) is 0 Å². The first-order chi connectivity index (χ1) is 8.18. The maximum absolute atomic E-state index is 6.13. The van der Waals surface area contributed by atoms with E-state index in [1.54, 1.807) is 0 Å². The summed E-state index contributed by atoms with van der Waals surface area (Å²) in [5, 5.41) is 0. The minimum absolute atomic E-state index is 0.133. The monoisotopic (exact) mass is 234 g/mol. The second kappa shape index (κ2) is 5.52. The quantitative estimate of drug-likeness (QED) is 0.871. The van der Waals surface area contributed by atoms with Crippen LogP contribution in [0.15, 0.2) is 24.3 Å². The fourth-order valence-electron chi connectivity index (χ4n) is 2.11. The third-order valence-electron chi connectivity index (χ3n) is 3.37. The van der Waals surface area contributed by atoms with Crippen LogP contribution in [0.5, 0.6) is 0 Å². The highest BCUT2D eigenvalue weighted by atomic mass is 16.5. The second-order valence-electron chi connectivity index (χ2n) is 4.96. The van der Waals surface area contributed by atoms with E-state index in [1.807, 2.05) is 0 Å². The predicted molar refractivity (Wildman–Crippen MR) is 71.2 cm³/mol. The zero-order valence-electron chi connectivity index (χ0n) is 10.7. The van der Waals surface area contributed by atoms with Crippen LogP contribution in [0.4, 0.5) is 5.69 Å². The van der Waals surface area contributed by atoms with Gasteiger partial charge >= 0.3 is 0 Å². The highest BCUT2D eigenvalue weighted by Crippen LogP contribution is 2.22. The third-order valence-corrected chi connectivity index (χ3v) is 3.37. The number of ether oxygens (including phenoxy) is 1. The molecule has 1 aromatic rings. The van der Waals surface area contributed by atoms with Gasteiger partial charge in [-0.1, -0.05) is 26.0 Å². The van der Waals surface area contributed by atoms with E-state index in [0.717, 1.165) is 26.3 Å². The molecular formula is C14H22N2O. The molecule has 0 aromatic heterocycles. The lowest BCUT2D eigenvalue weighted by molar-refractivity contribution is 0.122. The Morgan fingerprint density at radius 3 is 2.24 bits per heavy atom. The molecule has 1 fully saturated rings. The van der Waals surface area contributed by atoms with E-state index in [2.05, 4.69) is 43.0 Å². The number of nitrogens with zero attached hydrogens (tertiary/aromatic N) is 1. The summed E-state index contributed by atoms with van der Waals surface area (Å²) in [5.74, 6) is 0.476. The molecule has 17 heavy (non-hydrogen) atoms. The topological polar surface area (TPSA) is 38.5 Å². The van der Waals surface area contributed by atoms with Gasteiger partial charge < -0.3 is 15.4 Å². The van der Waals surface area contributed by atoms with E-state index in [4.69, 9.17) is 10.5 Å². The Labute approximate surface area is 104 Å². The maximum atomic E-state index is 6.13. The average Bonchev–Trinajstić information content (AvgIpc) is 2.39. The van der Waals surface area contributed by atoms with E-state index in [-0.39, 0.29) is 6.04 Å². The molecule has 1 aliphatic rings. The largest absolute Gasteiger partial charge is 0.378 e. The summed E-state index contributed by atoms with van der Waals surface area (Å²) < 4.78 is 5.35. The minimum Gasteiger partial charge on any atom is -0.378 e. The fourth-order valence-corrected chi connectivity index (χ4v) is 2.11. The van der Waals surface area contributed by atoms with E-state index >= 15 is 0 Å². The van der Waals surface area contributed by atoms with Crippen LogP contribution in [-0.2, 0) is 4.74 Å². The highest BCUT2D eigenvalue weighted by Gasteiger charge is 2.13. The number of hydrogen-bond donors (Lipinski definition) is 1. The number of morpholine rings is 1. The van der Waals surface area contributed by atoms with Crippen molar-refractivity contribution < 1.29 is 4.74 Å². The average molecular weight is 234 g/mol. The molecule has 1 aliphatic heterocycles. The van der Waals surface area contributed by atoms with Crippen LogP contribution >= 0.6 is 0 Å². The minimum atomic E-state index is 0.133. The van der Waals surface area contributed by atoms with Gasteiger partial charge in [0.15, 0.2) is 0 Å². The molecule has 0 aliphatic carbocycles. The maximum Gasteiger partial charge on any atom is 0.0642 e. The van der Waals surface area contributed by atoms with Crippen molar-refractivity contribution in [2.45, 2.75) is 19.9 Å². The summed E-state index contributed by atoms with van der Waals surface area (Å²) in [5.41, 5.74) is 8.62. The Morgan fingerprint density at radius 2 is 1.71 bits per heavy atom. The van der Waals surface area contributed by atoms with Gasteiger partial charge in [-0.15, -0.1) is 0 Å².